The van der Waals surface area contributed by atoms with E-state index in [1.54, 1.807) is 6.20 Å². The topological polar surface area (TPSA) is 93.5 Å². The van der Waals surface area contributed by atoms with Crippen LogP contribution >= 0.6 is 0 Å². The van der Waals surface area contributed by atoms with Crippen LogP contribution in [-0.4, -0.2) is 25.7 Å². The molecule has 2 aromatic heterocycles. The summed E-state index contributed by atoms with van der Waals surface area (Å²) in [4.78, 5) is 15.2. The molecule has 2 heterocycles. The first-order valence-corrected chi connectivity index (χ1v) is 6.04. The Kier molecular flexibility index (Phi) is 2.43. The Bertz CT molecular complexity index is 614. The van der Waals surface area contributed by atoms with E-state index in [1.165, 1.54) is 17.4 Å². The minimum absolute atomic E-state index is 0.125. The maximum absolute atomic E-state index is 10.9. The van der Waals surface area contributed by atoms with E-state index >= 15 is 0 Å². The largest absolute Gasteiger partial charge is 0.476 e. The van der Waals surface area contributed by atoms with Crippen LogP contribution in [0.4, 0.5) is 5.69 Å². The van der Waals surface area contributed by atoms with Crippen molar-refractivity contribution in [2.45, 2.75) is 31.6 Å². The number of rotatable bonds is 2. The van der Waals surface area contributed by atoms with E-state index in [0.29, 0.717) is 11.6 Å². The molecular formula is C12H14N4O2. The van der Waals surface area contributed by atoms with Gasteiger partial charge in [-0.05, 0) is 24.3 Å². The van der Waals surface area contributed by atoms with Gasteiger partial charge >= 0.3 is 5.97 Å². The molecule has 0 bridgehead atoms. The van der Waals surface area contributed by atoms with Crippen molar-refractivity contribution in [1.29, 1.82) is 0 Å². The number of nitrogen functional groups attached to an aromatic ring is 1. The van der Waals surface area contributed by atoms with Gasteiger partial charge in [-0.25, -0.2) is 14.3 Å². The molecule has 1 saturated carbocycles. The second kappa shape index (κ2) is 3.97. The third-order valence-electron chi connectivity index (χ3n) is 3.56. The van der Waals surface area contributed by atoms with Crippen molar-refractivity contribution in [3.8, 4) is 0 Å². The number of nitrogens with two attached hydrogens (primary N) is 1. The molecule has 0 aromatic carbocycles. The van der Waals surface area contributed by atoms with Crippen LogP contribution in [0.1, 0.15) is 47.7 Å². The fourth-order valence-corrected chi connectivity index (χ4v) is 2.60. The van der Waals surface area contributed by atoms with Crippen molar-refractivity contribution >= 4 is 17.3 Å². The second-order valence-electron chi connectivity index (χ2n) is 4.70. The molecule has 0 unspecified atom stereocenters. The number of anilines is 1. The minimum atomic E-state index is -1.12. The smallest absolute Gasteiger partial charge is 0.358 e. The SMILES string of the molecule is Nc1c(C(=O)O)nn2cc(C3CCCC3)cnc12. The lowest BCUT2D eigenvalue weighted by atomic mass is 10.0. The van der Waals surface area contributed by atoms with E-state index in [9.17, 15) is 4.79 Å². The number of hydrogen-bond donors (Lipinski definition) is 2. The average Bonchev–Trinajstić information content (AvgIpc) is 2.97. The Balaban J connectivity index is 2.09. The Morgan fingerprint density at radius 2 is 2.17 bits per heavy atom. The van der Waals surface area contributed by atoms with Crippen molar-refractivity contribution in [2.75, 3.05) is 5.73 Å². The number of aromatic carboxylic acids is 1. The molecule has 1 aliphatic carbocycles. The summed E-state index contributed by atoms with van der Waals surface area (Å²) in [7, 11) is 0. The van der Waals surface area contributed by atoms with Gasteiger partial charge in [0.1, 0.15) is 5.69 Å². The fourth-order valence-electron chi connectivity index (χ4n) is 2.60. The van der Waals surface area contributed by atoms with E-state index in [2.05, 4.69) is 10.1 Å². The minimum Gasteiger partial charge on any atom is -0.476 e. The van der Waals surface area contributed by atoms with Crippen molar-refractivity contribution < 1.29 is 9.90 Å². The molecule has 2 aromatic rings. The fraction of sp³-hybridized carbons (Fsp3) is 0.417. The zero-order chi connectivity index (χ0) is 12.7. The summed E-state index contributed by atoms with van der Waals surface area (Å²) < 4.78 is 1.48. The predicted molar refractivity (Wildman–Crippen MR) is 65.6 cm³/mol. The van der Waals surface area contributed by atoms with Crippen LogP contribution in [0.2, 0.25) is 0 Å². The molecule has 3 rings (SSSR count). The van der Waals surface area contributed by atoms with Gasteiger partial charge in [-0.2, -0.15) is 5.10 Å². The third-order valence-corrected chi connectivity index (χ3v) is 3.56. The molecule has 1 fully saturated rings. The van der Waals surface area contributed by atoms with Crippen LogP contribution in [0.15, 0.2) is 12.4 Å². The molecule has 0 amide bonds. The van der Waals surface area contributed by atoms with Crippen LogP contribution in [0.5, 0.6) is 0 Å². The van der Waals surface area contributed by atoms with E-state index in [4.69, 9.17) is 10.8 Å². The highest BCUT2D eigenvalue weighted by Gasteiger charge is 2.21. The predicted octanol–water partition coefficient (Wildman–Crippen LogP) is 1.67. The Morgan fingerprint density at radius 3 is 2.83 bits per heavy atom. The molecular weight excluding hydrogens is 232 g/mol. The van der Waals surface area contributed by atoms with Gasteiger partial charge in [-0.3, -0.25) is 0 Å². The van der Waals surface area contributed by atoms with Crippen LogP contribution in [-0.2, 0) is 0 Å². The van der Waals surface area contributed by atoms with E-state index in [1.807, 2.05) is 6.20 Å². The summed E-state index contributed by atoms with van der Waals surface area (Å²) in [5.74, 6) is -0.610. The van der Waals surface area contributed by atoms with Crippen molar-refractivity contribution in [3.05, 3.63) is 23.7 Å². The van der Waals surface area contributed by atoms with E-state index in [0.717, 1.165) is 18.4 Å². The first kappa shape index (κ1) is 11.0. The van der Waals surface area contributed by atoms with Crippen molar-refractivity contribution in [1.82, 2.24) is 14.6 Å². The van der Waals surface area contributed by atoms with Gasteiger partial charge in [-0.15, -0.1) is 0 Å². The van der Waals surface area contributed by atoms with E-state index in [-0.39, 0.29) is 11.4 Å². The number of carboxylic acid groups (broad SMARTS) is 1. The molecule has 0 radical (unpaired) electrons. The summed E-state index contributed by atoms with van der Waals surface area (Å²) in [5.41, 5.74) is 7.23. The van der Waals surface area contributed by atoms with Crippen LogP contribution in [0.3, 0.4) is 0 Å². The monoisotopic (exact) mass is 246 g/mol. The molecule has 6 nitrogen and oxygen atoms in total. The molecule has 0 atom stereocenters. The highest BCUT2D eigenvalue weighted by molar-refractivity contribution is 5.95. The van der Waals surface area contributed by atoms with Crippen LogP contribution < -0.4 is 5.73 Å². The quantitative estimate of drug-likeness (QED) is 0.840. The number of carboxylic acids is 1. The number of carbonyl (C=O) groups is 1. The van der Waals surface area contributed by atoms with Gasteiger partial charge in [-0.1, -0.05) is 12.8 Å². The lowest BCUT2D eigenvalue weighted by Crippen LogP contribution is -2.01. The zero-order valence-electron chi connectivity index (χ0n) is 9.83. The Labute approximate surface area is 103 Å². The summed E-state index contributed by atoms with van der Waals surface area (Å²) in [6.45, 7) is 0. The van der Waals surface area contributed by atoms with Crippen molar-refractivity contribution in [3.63, 3.8) is 0 Å². The van der Waals surface area contributed by atoms with Crippen LogP contribution in [0, 0.1) is 0 Å². The molecule has 94 valence electrons. The molecule has 0 saturated heterocycles. The molecule has 6 heteroatoms. The van der Waals surface area contributed by atoms with Gasteiger partial charge in [0.2, 0.25) is 0 Å². The molecule has 0 aliphatic heterocycles. The number of aromatic nitrogens is 3. The lowest BCUT2D eigenvalue weighted by molar-refractivity contribution is 0.0691. The van der Waals surface area contributed by atoms with Crippen molar-refractivity contribution in [2.24, 2.45) is 0 Å². The molecule has 1 aliphatic rings. The third kappa shape index (κ3) is 1.61. The maximum atomic E-state index is 10.9. The summed E-state index contributed by atoms with van der Waals surface area (Å²) in [5, 5.41) is 12.9. The van der Waals surface area contributed by atoms with Gasteiger partial charge < -0.3 is 10.8 Å². The average molecular weight is 246 g/mol. The molecule has 18 heavy (non-hydrogen) atoms. The normalized spacial score (nSPS) is 16.4. The number of fused-ring (bicyclic) bond motifs is 1. The zero-order valence-corrected chi connectivity index (χ0v) is 9.83. The van der Waals surface area contributed by atoms with Gasteiger partial charge in [0.25, 0.3) is 0 Å². The lowest BCUT2D eigenvalue weighted by Gasteiger charge is -2.08. The summed E-state index contributed by atoms with van der Waals surface area (Å²) in [6.07, 6.45) is 8.44. The summed E-state index contributed by atoms with van der Waals surface area (Å²) in [6, 6.07) is 0. The Morgan fingerprint density at radius 1 is 1.44 bits per heavy atom. The summed E-state index contributed by atoms with van der Waals surface area (Å²) >= 11 is 0. The number of nitrogens with zero attached hydrogens (tertiary/aromatic N) is 3. The first-order chi connectivity index (χ1) is 8.66. The standard InChI is InChI=1S/C12H14N4O2/c13-9-10(12(17)18)15-16-6-8(5-14-11(9)16)7-3-1-2-4-7/h5-7H,1-4,13H2,(H,17,18). The van der Waals surface area contributed by atoms with Gasteiger partial charge in [0.05, 0.1) is 0 Å². The highest BCUT2D eigenvalue weighted by atomic mass is 16.4. The molecule has 0 spiro atoms. The number of hydrogen-bond acceptors (Lipinski definition) is 4. The highest BCUT2D eigenvalue weighted by Crippen LogP contribution is 2.33. The van der Waals surface area contributed by atoms with Gasteiger partial charge in [0, 0.05) is 12.4 Å². The van der Waals surface area contributed by atoms with E-state index < -0.39 is 5.97 Å². The maximum Gasteiger partial charge on any atom is 0.358 e. The van der Waals surface area contributed by atoms with Crippen LogP contribution in [0.25, 0.3) is 5.65 Å². The van der Waals surface area contributed by atoms with Gasteiger partial charge in [0.15, 0.2) is 11.3 Å². The first-order valence-electron chi connectivity index (χ1n) is 6.04. The second-order valence-corrected chi connectivity index (χ2v) is 4.70. The Hall–Kier alpha value is -2.11. The molecule has 3 N–H and O–H groups in total.